The van der Waals surface area contributed by atoms with Gasteiger partial charge in [-0.1, -0.05) is 6.92 Å². The van der Waals surface area contributed by atoms with Crippen LogP contribution in [0.3, 0.4) is 0 Å². The molecule has 1 heterocycles. The predicted molar refractivity (Wildman–Crippen MR) is 67.7 cm³/mol. The molecule has 1 fully saturated rings. The summed E-state index contributed by atoms with van der Waals surface area (Å²) in [6, 6.07) is 0.196. The lowest BCUT2D eigenvalue weighted by Crippen LogP contribution is -2.26. The number of rotatable bonds is 3. The molecule has 1 aliphatic rings. The average Bonchev–Trinajstić information content (AvgIpc) is 2.28. The molecule has 1 rings (SSSR count). The Morgan fingerprint density at radius 3 is 2.43 bits per heavy atom. The second-order valence-corrected chi connectivity index (χ2v) is 9.50. The lowest BCUT2D eigenvalue weighted by atomic mass is 9.86. The smallest absolute Gasteiger partial charge is 0.139 e. The minimum absolute atomic E-state index is 0.0426. The summed E-state index contributed by atoms with van der Waals surface area (Å²) in [5.41, 5.74) is 0. The van der Waals surface area contributed by atoms with Gasteiger partial charge in [-0.3, -0.25) is 0 Å². The molecule has 14 heavy (non-hydrogen) atoms. The van der Waals surface area contributed by atoms with Crippen molar-refractivity contribution in [2.45, 2.75) is 31.6 Å². The fourth-order valence-electron chi connectivity index (χ4n) is 1.81. The topological polar surface area (TPSA) is 29.5 Å². The molecule has 0 radical (unpaired) electrons. The second-order valence-electron chi connectivity index (χ2n) is 5.18. The molecule has 82 valence electrons. The second kappa shape index (κ2) is 4.43. The summed E-state index contributed by atoms with van der Waals surface area (Å²) in [5, 5.41) is 9.89. The van der Waals surface area contributed by atoms with Crippen LogP contribution in [-0.4, -0.2) is 57.0 Å². The number of aliphatic hydroxyl groups is 1. The highest BCUT2D eigenvalue weighted by Crippen LogP contribution is 2.38. The zero-order valence-corrected chi connectivity index (χ0v) is 10.6. The Labute approximate surface area is 88.4 Å². The molecule has 0 saturated carbocycles. The van der Waals surface area contributed by atoms with E-state index in [2.05, 4.69) is 26.6 Å². The van der Waals surface area contributed by atoms with Gasteiger partial charge in [0, 0.05) is 11.9 Å². The minimum Gasteiger partial charge on any atom is -0.390 e. The fourth-order valence-corrected chi connectivity index (χ4v) is 2.77. The Kier molecular flexibility index (Phi) is 3.91. The quantitative estimate of drug-likeness (QED) is 0.548. The van der Waals surface area contributed by atoms with Gasteiger partial charge in [0.15, 0.2) is 0 Å². The van der Waals surface area contributed by atoms with Gasteiger partial charge >= 0.3 is 0 Å². The van der Waals surface area contributed by atoms with Crippen LogP contribution in [-0.2, 0) is 4.74 Å². The van der Waals surface area contributed by atoms with Crippen molar-refractivity contribution in [2.24, 2.45) is 5.92 Å². The van der Waals surface area contributed by atoms with Gasteiger partial charge in [-0.25, -0.2) is 0 Å². The molecule has 4 heteroatoms. The lowest BCUT2D eigenvalue weighted by molar-refractivity contribution is 0.0301. The number of hydrogen-bond acceptors (Lipinski definition) is 2. The van der Waals surface area contributed by atoms with E-state index >= 15 is 0 Å². The van der Waals surface area contributed by atoms with E-state index in [9.17, 15) is 5.11 Å². The van der Waals surface area contributed by atoms with Crippen molar-refractivity contribution in [1.29, 1.82) is 0 Å². The molecule has 0 bridgehead atoms. The van der Waals surface area contributed by atoms with Crippen molar-refractivity contribution in [1.82, 2.24) is 0 Å². The highest BCUT2D eigenvalue weighted by molar-refractivity contribution is 7.72. The third kappa shape index (κ3) is 3.15. The molecule has 2 nitrogen and oxygen atoms in total. The van der Waals surface area contributed by atoms with E-state index in [4.69, 9.17) is 4.74 Å². The van der Waals surface area contributed by atoms with E-state index in [1.54, 1.807) is 0 Å². The molecule has 0 unspecified atom stereocenters. The van der Waals surface area contributed by atoms with Gasteiger partial charge in [0.25, 0.3) is 0 Å². The van der Waals surface area contributed by atoms with Crippen molar-refractivity contribution >= 4 is 21.0 Å². The van der Waals surface area contributed by atoms with E-state index in [0.29, 0.717) is 0 Å². The lowest BCUT2D eigenvalue weighted by Gasteiger charge is -2.19. The summed E-state index contributed by atoms with van der Waals surface area (Å²) in [4.78, 5) is 0. The molecule has 0 aliphatic carbocycles. The summed E-state index contributed by atoms with van der Waals surface area (Å²) in [5.74, 6) is 0.270. The largest absolute Gasteiger partial charge is 0.390 e. The van der Waals surface area contributed by atoms with Gasteiger partial charge in [-0.15, -0.1) is 13.2 Å². The van der Waals surface area contributed by atoms with Crippen molar-refractivity contribution in [2.75, 3.05) is 19.5 Å². The number of aliphatic hydroxyl groups excluding tert-OH is 1. The summed E-state index contributed by atoms with van der Waals surface area (Å²) >= 11 is 0. The van der Waals surface area contributed by atoms with E-state index in [1.165, 1.54) is 0 Å². The van der Waals surface area contributed by atoms with Crippen LogP contribution >= 0.6 is 6.89 Å². The molecule has 1 N–H and O–H groups in total. The Morgan fingerprint density at radius 1 is 1.50 bits per heavy atom. The summed E-state index contributed by atoms with van der Waals surface area (Å²) in [7, 11) is 2.04. The predicted octanol–water partition coefficient (Wildman–Crippen LogP) is 0.441. The molecule has 0 aromatic rings. The normalized spacial score (nSPS) is 38.9. The molecule has 0 aromatic heterocycles. The molecule has 4 atom stereocenters. The van der Waals surface area contributed by atoms with E-state index in [1.807, 2.05) is 7.85 Å². The first kappa shape index (κ1) is 12.4. The highest BCUT2D eigenvalue weighted by atomic mass is 31.2. The van der Waals surface area contributed by atoms with Crippen molar-refractivity contribution < 1.29 is 9.84 Å². The number of ether oxygens (including phenoxy) is 1. The molecule has 0 spiro atoms. The third-order valence-electron chi connectivity index (χ3n) is 3.07. The van der Waals surface area contributed by atoms with E-state index in [-0.39, 0.29) is 24.1 Å². The molecule has 0 amide bonds. The van der Waals surface area contributed by atoms with Gasteiger partial charge in [-0.05, 0) is 25.9 Å². The summed E-state index contributed by atoms with van der Waals surface area (Å²) in [6.45, 7) is 5.53. The van der Waals surface area contributed by atoms with E-state index < -0.39 is 6.89 Å². The van der Waals surface area contributed by atoms with Gasteiger partial charge in [-0.2, -0.15) is 0 Å². The SMILES string of the molecule is B[C@@H]1O[C@H](CCP(=C)(C)C)[C@@H](O)[C@H]1C. The zero-order valence-electron chi connectivity index (χ0n) is 9.73. The fraction of sp³-hybridized carbons (Fsp3) is 0.900. The monoisotopic (exact) mass is 216 g/mol. The maximum absolute atomic E-state index is 9.89. The first-order chi connectivity index (χ1) is 6.31. The van der Waals surface area contributed by atoms with Crippen LogP contribution in [0.4, 0.5) is 0 Å². The van der Waals surface area contributed by atoms with Crippen LogP contribution in [0.15, 0.2) is 0 Å². The van der Waals surface area contributed by atoms with Crippen LogP contribution in [0.5, 0.6) is 0 Å². The van der Waals surface area contributed by atoms with Crippen LogP contribution in [0.25, 0.3) is 0 Å². The Morgan fingerprint density at radius 2 is 2.07 bits per heavy atom. The Hall–Kier alpha value is 0.285. The van der Waals surface area contributed by atoms with Gasteiger partial charge in [0.05, 0.1) is 12.2 Å². The summed E-state index contributed by atoms with van der Waals surface area (Å²) < 4.78 is 5.72. The van der Waals surface area contributed by atoms with Gasteiger partial charge in [0.1, 0.15) is 7.85 Å². The molecular weight excluding hydrogens is 194 g/mol. The average molecular weight is 216 g/mol. The van der Waals surface area contributed by atoms with Crippen LogP contribution < -0.4 is 0 Å². The summed E-state index contributed by atoms with van der Waals surface area (Å²) in [6.07, 6.45) is 5.99. The molecular formula is C10H22BO2P. The van der Waals surface area contributed by atoms with Crippen LogP contribution in [0, 0.1) is 5.92 Å². The first-order valence-corrected chi connectivity index (χ1v) is 8.37. The molecule has 1 saturated heterocycles. The third-order valence-corrected chi connectivity index (χ3v) is 4.54. The highest BCUT2D eigenvalue weighted by Gasteiger charge is 2.37. The first-order valence-electron chi connectivity index (χ1n) is 5.32. The molecule has 1 aliphatic heterocycles. The Bertz CT molecular complexity index is 238. The maximum Gasteiger partial charge on any atom is 0.139 e. The maximum atomic E-state index is 9.89. The molecule has 0 aromatic carbocycles. The van der Waals surface area contributed by atoms with Crippen molar-refractivity contribution in [3.8, 4) is 0 Å². The number of hydrogen-bond donors (Lipinski definition) is 1. The minimum atomic E-state index is -0.975. The van der Waals surface area contributed by atoms with E-state index in [0.717, 1.165) is 12.6 Å². The van der Waals surface area contributed by atoms with Crippen LogP contribution in [0.1, 0.15) is 13.3 Å². The standard InChI is InChI=1S/C10H22BO2P/c1-7-9(12)8(13-10(7)11)5-6-14(2,3)4/h7-10,12H,2,5-6,11H2,1,3-4H3/t7-,8-,9+,10-/m1/s1. The van der Waals surface area contributed by atoms with Crippen molar-refractivity contribution in [3.05, 3.63) is 0 Å². The van der Waals surface area contributed by atoms with Crippen molar-refractivity contribution in [3.63, 3.8) is 0 Å². The van der Waals surface area contributed by atoms with Gasteiger partial charge < -0.3 is 9.84 Å². The Balaban J connectivity index is 2.44. The zero-order chi connectivity index (χ0) is 10.9. The van der Waals surface area contributed by atoms with Gasteiger partial charge in [0.2, 0.25) is 0 Å². The van der Waals surface area contributed by atoms with Crippen LogP contribution in [0.2, 0.25) is 0 Å².